The van der Waals surface area contributed by atoms with Crippen LogP contribution in [0.4, 0.5) is 0 Å². The zero-order chi connectivity index (χ0) is 9.42. The van der Waals surface area contributed by atoms with Crippen molar-refractivity contribution in [3.63, 3.8) is 0 Å². The molecule has 0 unspecified atom stereocenters. The summed E-state index contributed by atoms with van der Waals surface area (Å²) in [4.78, 5) is 1.36. The van der Waals surface area contributed by atoms with E-state index in [1.165, 1.54) is 20.5 Å². The quantitative estimate of drug-likeness (QED) is 0.561. The fourth-order valence-electron chi connectivity index (χ4n) is 1.40. The van der Waals surface area contributed by atoms with E-state index in [0.717, 1.165) is 4.21 Å². The first-order chi connectivity index (χ1) is 6.20. The molecule has 1 heterocycles. The van der Waals surface area contributed by atoms with Crippen molar-refractivity contribution in [2.24, 2.45) is 0 Å². The summed E-state index contributed by atoms with van der Waals surface area (Å²) in [5.74, 6) is 0. The first-order valence-electron chi connectivity index (χ1n) is 3.98. The Hall–Kier alpha value is -0.120. The van der Waals surface area contributed by atoms with Crippen LogP contribution in [0.5, 0.6) is 0 Å². The van der Waals surface area contributed by atoms with Gasteiger partial charge in [-0.3, -0.25) is 0 Å². The number of thiol groups is 1. The van der Waals surface area contributed by atoms with Crippen molar-refractivity contribution in [1.29, 1.82) is 0 Å². The largest absolute Gasteiger partial charge is 0.133 e. The maximum Gasteiger partial charge on any atom is 0.0581 e. The molecule has 0 amide bonds. The molecule has 0 nitrogen and oxygen atoms in total. The summed E-state index contributed by atoms with van der Waals surface area (Å²) in [5.41, 5.74) is 1.32. The average Bonchev–Trinajstić information content (AvgIpc) is 2.43. The lowest BCUT2D eigenvalue weighted by atomic mass is 10.2. The zero-order valence-corrected chi connectivity index (χ0v) is 10.0. The van der Waals surface area contributed by atoms with Gasteiger partial charge in [0.1, 0.15) is 0 Å². The van der Waals surface area contributed by atoms with E-state index in [-0.39, 0.29) is 0 Å². The predicted octanol–water partition coefficient (Wildman–Crippen LogP) is 4.22. The third-order valence-corrected chi connectivity index (χ3v) is 4.21. The van der Waals surface area contributed by atoms with E-state index < -0.39 is 0 Å². The number of rotatable bonds is 1. The molecule has 0 fully saturated rings. The van der Waals surface area contributed by atoms with E-state index >= 15 is 0 Å². The van der Waals surface area contributed by atoms with Crippen molar-refractivity contribution in [2.45, 2.75) is 16.0 Å². The summed E-state index contributed by atoms with van der Waals surface area (Å²) in [7, 11) is 0. The molecule has 0 radical (unpaired) electrons. The van der Waals surface area contributed by atoms with Crippen LogP contribution in [0, 0.1) is 6.92 Å². The van der Waals surface area contributed by atoms with E-state index in [2.05, 4.69) is 44.0 Å². The molecule has 0 N–H and O–H groups in total. The minimum atomic E-state index is 1.09. The van der Waals surface area contributed by atoms with Gasteiger partial charge in [0.2, 0.25) is 0 Å². The van der Waals surface area contributed by atoms with Gasteiger partial charge in [0, 0.05) is 9.60 Å². The van der Waals surface area contributed by atoms with Crippen LogP contribution in [0.2, 0.25) is 0 Å². The van der Waals surface area contributed by atoms with Gasteiger partial charge in [0.15, 0.2) is 0 Å². The summed E-state index contributed by atoms with van der Waals surface area (Å²) in [6.07, 6.45) is 2.12. The Morgan fingerprint density at radius 1 is 1.31 bits per heavy atom. The highest BCUT2D eigenvalue weighted by atomic mass is 32.2. The molecule has 0 aliphatic rings. The molecule has 1 aromatic heterocycles. The van der Waals surface area contributed by atoms with Gasteiger partial charge in [-0.05, 0) is 36.3 Å². The third kappa shape index (κ3) is 1.73. The van der Waals surface area contributed by atoms with E-state index in [1.807, 2.05) is 0 Å². The Bertz CT molecular complexity index is 443. The lowest BCUT2D eigenvalue weighted by molar-refractivity contribution is 1.43. The minimum Gasteiger partial charge on any atom is -0.133 e. The van der Waals surface area contributed by atoms with Crippen LogP contribution >= 0.6 is 35.7 Å². The lowest BCUT2D eigenvalue weighted by Crippen LogP contribution is -1.74. The first kappa shape index (κ1) is 9.44. The maximum atomic E-state index is 4.37. The van der Waals surface area contributed by atoms with Gasteiger partial charge in [-0.2, -0.15) is 0 Å². The molecule has 0 saturated carbocycles. The Labute approximate surface area is 91.8 Å². The molecule has 0 spiro atoms. The molecule has 1 aromatic carbocycles. The van der Waals surface area contributed by atoms with Crippen LogP contribution in [0.15, 0.2) is 27.3 Å². The van der Waals surface area contributed by atoms with Gasteiger partial charge in [0.25, 0.3) is 0 Å². The van der Waals surface area contributed by atoms with Crippen LogP contribution in [-0.2, 0) is 0 Å². The molecule has 0 atom stereocenters. The van der Waals surface area contributed by atoms with Crippen LogP contribution in [0.25, 0.3) is 10.1 Å². The number of hydrogen-bond donors (Lipinski definition) is 1. The predicted molar refractivity (Wildman–Crippen MR) is 65.6 cm³/mol. The topological polar surface area (TPSA) is 0 Å². The minimum absolute atomic E-state index is 1.09. The molecule has 68 valence electrons. The van der Waals surface area contributed by atoms with Gasteiger partial charge in [0.05, 0.1) is 4.21 Å². The van der Waals surface area contributed by atoms with Gasteiger partial charge in [-0.25, -0.2) is 0 Å². The number of thiophene rings is 1. The number of thioether (sulfide) groups is 1. The molecule has 0 saturated heterocycles. The van der Waals surface area contributed by atoms with Gasteiger partial charge in [-0.15, -0.1) is 35.7 Å². The molecular weight excluding hydrogens is 216 g/mol. The molecule has 0 aliphatic carbocycles. The van der Waals surface area contributed by atoms with Gasteiger partial charge < -0.3 is 0 Å². The van der Waals surface area contributed by atoms with Crippen molar-refractivity contribution < 1.29 is 0 Å². The van der Waals surface area contributed by atoms with E-state index in [4.69, 9.17) is 0 Å². The highest BCUT2D eigenvalue weighted by molar-refractivity contribution is 7.99. The Morgan fingerprint density at radius 2 is 2.08 bits per heavy atom. The van der Waals surface area contributed by atoms with Crippen LogP contribution in [0.1, 0.15) is 5.56 Å². The Morgan fingerprint density at radius 3 is 2.77 bits per heavy atom. The fraction of sp³-hybridized carbons (Fsp3) is 0.200. The number of fused-ring (bicyclic) bond motifs is 1. The number of aryl methyl sites for hydroxylation is 1. The van der Waals surface area contributed by atoms with E-state index in [0.29, 0.717) is 0 Å². The summed E-state index contributed by atoms with van der Waals surface area (Å²) in [6, 6.07) is 6.58. The van der Waals surface area contributed by atoms with Crippen LogP contribution < -0.4 is 0 Å². The zero-order valence-electron chi connectivity index (χ0n) is 7.50. The van der Waals surface area contributed by atoms with Crippen molar-refractivity contribution in [1.82, 2.24) is 0 Å². The average molecular weight is 226 g/mol. The number of benzene rings is 1. The van der Waals surface area contributed by atoms with E-state index in [1.54, 1.807) is 23.1 Å². The highest BCUT2D eigenvalue weighted by Crippen LogP contribution is 2.35. The molecular formula is C10H10S3. The normalized spacial score (nSPS) is 11.0. The second kappa shape index (κ2) is 3.56. The fourth-order valence-corrected chi connectivity index (χ4v) is 3.59. The third-order valence-electron chi connectivity index (χ3n) is 1.93. The van der Waals surface area contributed by atoms with Gasteiger partial charge >= 0.3 is 0 Å². The van der Waals surface area contributed by atoms with Crippen LogP contribution in [0.3, 0.4) is 0 Å². The molecule has 13 heavy (non-hydrogen) atoms. The lowest BCUT2D eigenvalue weighted by Gasteiger charge is -2.00. The Kier molecular flexibility index (Phi) is 2.58. The highest BCUT2D eigenvalue weighted by Gasteiger charge is 2.04. The standard InChI is InChI=1S/C10H10S3/c1-6-3-7-5-9(11)13-10(7)8(4-6)12-2/h3-5,11H,1-2H3. The Balaban J connectivity index is 2.80. The molecule has 0 aliphatic heterocycles. The molecule has 2 aromatic rings. The van der Waals surface area contributed by atoms with Crippen molar-refractivity contribution in [3.05, 3.63) is 23.8 Å². The van der Waals surface area contributed by atoms with Crippen molar-refractivity contribution in [3.8, 4) is 0 Å². The molecule has 0 bridgehead atoms. The summed E-state index contributed by atoms with van der Waals surface area (Å²) < 4.78 is 2.46. The summed E-state index contributed by atoms with van der Waals surface area (Å²) in [5, 5.41) is 1.32. The van der Waals surface area contributed by atoms with Crippen LogP contribution in [-0.4, -0.2) is 6.26 Å². The monoisotopic (exact) mass is 226 g/mol. The van der Waals surface area contributed by atoms with Gasteiger partial charge in [-0.1, -0.05) is 6.07 Å². The second-order valence-corrected chi connectivity index (χ2v) is 5.65. The molecule has 2 rings (SSSR count). The maximum absolute atomic E-state index is 4.37. The second-order valence-electron chi connectivity index (χ2n) is 2.97. The van der Waals surface area contributed by atoms with E-state index in [9.17, 15) is 0 Å². The summed E-state index contributed by atoms with van der Waals surface area (Å²) in [6.45, 7) is 2.13. The summed E-state index contributed by atoms with van der Waals surface area (Å²) >= 11 is 7.93. The van der Waals surface area contributed by atoms with Crippen molar-refractivity contribution in [2.75, 3.05) is 6.26 Å². The smallest absolute Gasteiger partial charge is 0.0581 e. The SMILES string of the molecule is CSc1cc(C)cc2cc(S)sc12. The number of hydrogen-bond acceptors (Lipinski definition) is 3. The van der Waals surface area contributed by atoms with Crippen molar-refractivity contribution >= 4 is 45.8 Å². The molecule has 3 heteroatoms. The first-order valence-corrected chi connectivity index (χ1v) is 6.46.